The van der Waals surface area contributed by atoms with Crippen LogP contribution in [0.4, 0.5) is 0 Å². The van der Waals surface area contributed by atoms with Crippen LogP contribution in [0.15, 0.2) is 35.3 Å². The summed E-state index contributed by atoms with van der Waals surface area (Å²) in [6.07, 6.45) is 7.15. The van der Waals surface area contributed by atoms with Crippen molar-refractivity contribution in [1.82, 2.24) is 4.90 Å². The summed E-state index contributed by atoms with van der Waals surface area (Å²) < 4.78 is 13.0. The SMILES string of the molecule is C=CCN1CCC23C=C[C@H](O)CC2Oc2c(OC)cc(Br)c(c23)C1. The van der Waals surface area contributed by atoms with Crippen LogP contribution >= 0.6 is 15.9 Å². The predicted octanol–water partition coefficient (Wildman–Crippen LogP) is 3.17. The molecule has 0 fully saturated rings. The molecule has 0 saturated carbocycles. The van der Waals surface area contributed by atoms with Crippen LogP contribution in [-0.2, 0) is 12.0 Å². The lowest BCUT2D eigenvalue weighted by molar-refractivity contribution is 0.0816. The second-order valence-corrected chi connectivity index (χ2v) is 7.68. The van der Waals surface area contributed by atoms with Crippen molar-refractivity contribution < 1.29 is 14.6 Å². The van der Waals surface area contributed by atoms with Crippen molar-refractivity contribution in [2.75, 3.05) is 20.2 Å². The Labute approximate surface area is 150 Å². The molecular formula is C19H22BrNO3. The summed E-state index contributed by atoms with van der Waals surface area (Å²) in [5.74, 6) is 1.61. The normalized spacial score (nSPS) is 31.0. The zero-order valence-corrected chi connectivity index (χ0v) is 15.4. The van der Waals surface area contributed by atoms with Gasteiger partial charge in [0.05, 0.1) is 18.6 Å². The van der Waals surface area contributed by atoms with Crippen LogP contribution in [0.2, 0.25) is 0 Å². The van der Waals surface area contributed by atoms with Crippen molar-refractivity contribution in [3.8, 4) is 11.5 Å². The van der Waals surface area contributed by atoms with E-state index in [1.807, 2.05) is 18.2 Å². The zero-order valence-electron chi connectivity index (χ0n) is 13.8. The molecule has 0 amide bonds. The van der Waals surface area contributed by atoms with Gasteiger partial charge in [0, 0.05) is 36.1 Å². The van der Waals surface area contributed by atoms with E-state index in [4.69, 9.17) is 9.47 Å². The molecular weight excluding hydrogens is 370 g/mol. The topological polar surface area (TPSA) is 41.9 Å². The van der Waals surface area contributed by atoms with Gasteiger partial charge < -0.3 is 14.6 Å². The highest BCUT2D eigenvalue weighted by Gasteiger charge is 2.53. The third kappa shape index (κ3) is 2.25. The summed E-state index contributed by atoms with van der Waals surface area (Å²) in [6.45, 7) is 6.57. The first-order valence-electron chi connectivity index (χ1n) is 8.36. The van der Waals surface area contributed by atoms with Crippen molar-refractivity contribution in [2.45, 2.75) is 37.0 Å². The average molecular weight is 392 g/mol. The fourth-order valence-corrected chi connectivity index (χ4v) is 4.89. The van der Waals surface area contributed by atoms with Gasteiger partial charge in [-0.05, 0) is 18.1 Å². The maximum atomic E-state index is 10.1. The van der Waals surface area contributed by atoms with E-state index in [1.54, 1.807) is 7.11 Å². The van der Waals surface area contributed by atoms with Crippen LogP contribution in [-0.4, -0.2) is 42.4 Å². The first-order valence-corrected chi connectivity index (χ1v) is 9.15. The van der Waals surface area contributed by atoms with Gasteiger partial charge in [-0.1, -0.05) is 34.2 Å². The Hall–Kier alpha value is -1.30. The van der Waals surface area contributed by atoms with E-state index in [9.17, 15) is 5.11 Å². The van der Waals surface area contributed by atoms with Crippen molar-refractivity contribution in [3.63, 3.8) is 0 Å². The number of aliphatic hydroxyl groups is 1. The third-order valence-electron chi connectivity index (χ3n) is 5.50. The van der Waals surface area contributed by atoms with Crippen LogP contribution in [0.5, 0.6) is 11.5 Å². The number of aliphatic hydroxyl groups excluding tert-OH is 1. The van der Waals surface area contributed by atoms with Crippen molar-refractivity contribution in [1.29, 1.82) is 0 Å². The molecule has 2 aliphatic heterocycles. The molecule has 0 aromatic heterocycles. The molecule has 5 heteroatoms. The molecule has 128 valence electrons. The lowest BCUT2D eigenvalue weighted by Crippen LogP contribution is -2.43. The number of hydrogen-bond donors (Lipinski definition) is 1. The van der Waals surface area contributed by atoms with Gasteiger partial charge in [0.25, 0.3) is 0 Å². The molecule has 2 heterocycles. The summed E-state index contributed by atoms with van der Waals surface area (Å²) in [4.78, 5) is 2.41. The van der Waals surface area contributed by atoms with E-state index >= 15 is 0 Å². The molecule has 1 aromatic carbocycles. The van der Waals surface area contributed by atoms with Gasteiger partial charge in [-0.3, -0.25) is 4.90 Å². The molecule has 2 unspecified atom stereocenters. The summed E-state index contributed by atoms with van der Waals surface area (Å²) >= 11 is 3.74. The second-order valence-electron chi connectivity index (χ2n) is 6.83. The van der Waals surface area contributed by atoms with E-state index in [0.717, 1.165) is 42.0 Å². The van der Waals surface area contributed by atoms with Gasteiger partial charge >= 0.3 is 0 Å². The predicted molar refractivity (Wildman–Crippen MR) is 96.6 cm³/mol. The lowest BCUT2D eigenvalue weighted by atomic mass is 9.69. The minimum Gasteiger partial charge on any atom is -0.493 e. The first-order chi connectivity index (χ1) is 11.6. The van der Waals surface area contributed by atoms with Gasteiger partial charge in [0.15, 0.2) is 11.5 Å². The molecule has 1 spiro atoms. The second kappa shape index (κ2) is 5.90. The number of nitrogens with zero attached hydrogens (tertiary/aromatic N) is 1. The van der Waals surface area contributed by atoms with Gasteiger partial charge in [-0.25, -0.2) is 0 Å². The molecule has 3 aliphatic rings. The quantitative estimate of drug-likeness (QED) is 0.803. The number of halogens is 1. The van der Waals surface area contributed by atoms with E-state index in [0.29, 0.717) is 6.42 Å². The van der Waals surface area contributed by atoms with Crippen LogP contribution < -0.4 is 9.47 Å². The Morgan fingerprint density at radius 1 is 1.58 bits per heavy atom. The number of ether oxygens (including phenoxy) is 2. The Bertz CT molecular complexity index is 717. The van der Waals surface area contributed by atoms with Crippen molar-refractivity contribution >= 4 is 15.9 Å². The summed E-state index contributed by atoms with van der Waals surface area (Å²) in [6, 6.07) is 2.00. The number of rotatable bonds is 3. The van der Waals surface area contributed by atoms with Crippen LogP contribution in [0.1, 0.15) is 24.0 Å². The number of hydrogen-bond acceptors (Lipinski definition) is 4. The van der Waals surface area contributed by atoms with Gasteiger partial charge in [0.1, 0.15) is 6.10 Å². The molecule has 3 atom stereocenters. The summed E-state index contributed by atoms with van der Waals surface area (Å²) in [5.41, 5.74) is 2.30. The fourth-order valence-electron chi connectivity index (χ4n) is 4.35. The molecule has 0 saturated heterocycles. The molecule has 0 radical (unpaired) electrons. The maximum Gasteiger partial charge on any atom is 0.166 e. The largest absolute Gasteiger partial charge is 0.493 e. The molecule has 1 aromatic rings. The highest BCUT2D eigenvalue weighted by Crippen LogP contribution is 2.57. The standard InChI is InChI=1S/C19H22BrNO3/c1-3-7-21-8-6-19-5-4-12(22)9-16(19)24-18-15(23-2)10-14(20)13(11-21)17(18)19/h3-5,10,12,16,22H,1,6-9,11H2,2H3/t12-,16?,19?/m0/s1. The number of methoxy groups -OCH3 is 1. The highest BCUT2D eigenvalue weighted by atomic mass is 79.9. The van der Waals surface area contributed by atoms with E-state index in [1.165, 1.54) is 11.1 Å². The molecule has 1 aliphatic carbocycles. The molecule has 4 nitrogen and oxygen atoms in total. The minimum atomic E-state index is -0.444. The Kier molecular flexibility index (Phi) is 3.98. The average Bonchev–Trinajstić information content (AvgIpc) is 2.79. The Morgan fingerprint density at radius 3 is 3.17 bits per heavy atom. The number of benzene rings is 1. The molecule has 1 N–H and O–H groups in total. The maximum absolute atomic E-state index is 10.1. The molecule has 0 bridgehead atoms. The third-order valence-corrected chi connectivity index (χ3v) is 6.21. The highest BCUT2D eigenvalue weighted by molar-refractivity contribution is 9.10. The van der Waals surface area contributed by atoms with E-state index in [2.05, 4.69) is 33.5 Å². The Morgan fingerprint density at radius 2 is 2.42 bits per heavy atom. The van der Waals surface area contributed by atoms with Crippen molar-refractivity contribution in [3.05, 3.63) is 46.5 Å². The monoisotopic (exact) mass is 391 g/mol. The van der Waals surface area contributed by atoms with Crippen LogP contribution in [0.25, 0.3) is 0 Å². The summed E-state index contributed by atoms with van der Waals surface area (Å²) in [5, 5.41) is 10.1. The van der Waals surface area contributed by atoms with E-state index < -0.39 is 6.10 Å². The fraction of sp³-hybridized carbons (Fsp3) is 0.474. The van der Waals surface area contributed by atoms with Gasteiger partial charge in [-0.15, -0.1) is 6.58 Å². The Balaban J connectivity index is 1.93. The van der Waals surface area contributed by atoms with Crippen LogP contribution in [0, 0.1) is 0 Å². The van der Waals surface area contributed by atoms with E-state index in [-0.39, 0.29) is 11.5 Å². The van der Waals surface area contributed by atoms with Crippen molar-refractivity contribution in [2.24, 2.45) is 0 Å². The molecule has 4 rings (SSSR count). The first kappa shape index (κ1) is 16.2. The minimum absolute atomic E-state index is 0.0434. The molecule has 24 heavy (non-hydrogen) atoms. The smallest absolute Gasteiger partial charge is 0.166 e. The summed E-state index contributed by atoms with van der Waals surface area (Å²) in [7, 11) is 1.67. The van der Waals surface area contributed by atoms with Crippen LogP contribution in [0.3, 0.4) is 0 Å². The van der Waals surface area contributed by atoms with Gasteiger partial charge in [-0.2, -0.15) is 0 Å². The zero-order chi connectivity index (χ0) is 16.9. The lowest BCUT2D eigenvalue weighted by Gasteiger charge is -2.35. The van der Waals surface area contributed by atoms with Gasteiger partial charge in [0.2, 0.25) is 0 Å².